The molecule has 1 aliphatic carbocycles. The summed E-state index contributed by atoms with van der Waals surface area (Å²) in [4.78, 5) is 23.0. The summed E-state index contributed by atoms with van der Waals surface area (Å²) in [5.74, 6) is 0.634. The summed E-state index contributed by atoms with van der Waals surface area (Å²) in [5.41, 5.74) is -0.162. The molecule has 0 aliphatic heterocycles. The van der Waals surface area contributed by atoms with Crippen LogP contribution in [0.4, 0.5) is 0 Å². The van der Waals surface area contributed by atoms with Crippen LogP contribution in [-0.2, 0) is 16.1 Å². The van der Waals surface area contributed by atoms with Crippen LogP contribution in [0, 0.1) is 5.92 Å². The van der Waals surface area contributed by atoms with Crippen LogP contribution in [0.2, 0.25) is 0 Å². The molecule has 0 spiro atoms. The zero-order chi connectivity index (χ0) is 13.5. The fourth-order valence-corrected chi connectivity index (χ4v) is 1.74. The van der Waals surface area contributed by atoms with Crippen LogP contribution in [0.25, 0.3) is 0 Å². The molecule has 1 heterocycles. The Bertz CT molecular complexity index is 466. The maximum atomic E-state index is 11.6. The van der Waals surface area contributed by atoms with E-state index in [-0.39, 0.29) is 18.0 Å². The molecule has 5 heteroatoms. The van der Waals surface area contributed by atoms with Crippen LogP contribution >= 0.6 is 0 Å². The quantitative estimate of drug-likeness (QED) is 0.706. The van der Waals surface area contributed by atoms with Gasteiger partial charge in [0.2, 0.25) is 5.91 Å². The molecule has 0 radical (unpaired) electrons. The van der Waals surface area contributed by atoms with E-state index in [9.17, 15) is 9.59 Å². The number of hydrogen-bond donors (Lipinski definition) is 1. The van der Waals surface area contributed by atoms with Gasteiger partial charge in [-0.15, -0.1) is 0 Å². The number of hydrogen-bond acceptors (Lipinski definition) is 3. The number of amides is 1. The first-order valence-electron chi connectivity index (χ1n) is 6.75. The number of pyridine rings is 1. The van der Waals surface area contributed by atoms with E-state index in [1.54, 1.807) is 18.3 Å². The largest absolute Gasteiger partial charge is 0.381 e. The van der Waals surface area contributed by atoms with Crippen LogP contribution in [0.5, 0.6) is 0 Å². The monoisotopic (exact) mass is 264 g/mol. The molecule has 0 aromatic carbocycles. The second-order valence-electron chi connectivity index (χ2n) is 4.89. The molecule has 2 rings (SSSR count). The molecule has 1 N–H and O–H groups in total. The van der Waals surface area contributed by atoms with E-state index in [2.05, 4.69) is 5.32 Å². The van der Waals surface area contributed by atoms with Crippen molar-refractivity contribution >= 4 is 5.91 Å². The average Bonchev–Trinajstić information content (AvgIpc) is 3.20. The van der Waals surface area contributed by atoms with E-state index >= 15 is 0 Å². The third-order valence-electron chi connectivity index (χ3n) is 3.05. The summed E-state index contributed by atoms with van der Waals surface area (Å²) < 4.78 is 6.86. The highest BCUT2D eigenvalue weighted by atomic mass is 16.5. The van der Waals surface area contributed by atoms with Crippen LogP contribution in [0.1, 0.15) is 19.3 Å². The van der Waals surface area contributed by atoms with Crippen LogP contribution in [0.15, 0.2) is 29.2 Å². The predicted octanol–water partition coefficient (Wildman–Crippen LogP) is 0.781. The standard InChI is InChI=1S/C14H20N2O3/c17-13(10-16-8-2-1-4-14(16)18)15-7-3-9-19-11-12-5-6-12/h1-2,4,8,12H,3,5-7,9-11H2,(H,15,17). The number of carbonyl (C=O) groups is 1. The first-order chi connectivity index (χ1) is 9.25. The highest BCUT2D eigenvalue weighted by Gasteiger charge is 2.20. The number of rotatable bonds is 8. The van der Waals surface area contributed by atoms with Crippen molar-refractivity contribution in [1.29, 1.82) is 0 Å². The van der Waals surface area contributed by atoms with E-state index in [0.717, 1.165) is 18.9 Å². The first kappa shape index (κ1) is 13.8. The molecule has 1 fully saturated rings. The van der Waals surface area contributed by atoms with Crippen LogP contribution < -0.4 is 10.9 Å². The third kappa shape index (κ3) is 5.26. The molecule has 1 saturated carbocycles. The fraction of sp³-hybridized carbons (Fsp3) is 0.571. The topological polar surface area (TPSA) is 60.3 Å². The van der Waals surface area contributed by atoms with Gasteiger partial charge in [-0.25, -0.2) is 0 Å². The summed E-state index contributed by atoms with van der Waals surface area (Å²) in [7, 11) is 0. The fourth-order valence-electron chi connectivity index (χ4n) is 1.74. The zero-order valence-corrected chi connectivity index (χ0v) is 11.0. The Kier molecular flexibility index (Phi) is 5.15. The van der Waals surface area contributed by atoms with Crippen molar-refractivity contribution in [3.63, 3.8) is 0 Å². The van der Waals surface area contributed by atoms with Gasteiger partial charge < -0.3 is 14.6 Å². The van der Waals surface area contributed by atoms with E-state index < -0.39 is 0 Å². The molecular formula is C14H20N2O3. The lowest BCUT2D eigenvalue weighted by molar-refractivity contribution is -0.121. The van der Waals surface area contributed by atoms with Gasteiger partial charge in [-0.2, -0.15) is 0 Å². The van der Waals surface area contributed by atoms with Crippen molar-refractivity contribution in [3.05, 3.63) is 34.7 Å². The summed E-state index contributed by atoms with van der Waals surface area (Å²) in [6, 6.07) is 4.84. The minimum absolute atomic E-state index is 0.0720. The smallest absolute Gasteiger partial charge is 0.250 e. The Morgan fingerprint density at radius 2 is 2.26 bits per heavy atom. The Morgan fingerprint density at radius 1 is 1.42 bits per heavy atom. The lowest BCUT2D eigenvalue weighted by Gasteiger charge is -2.07. The van der Waals surface area contributed by atoms with E-state index in [1.165, 1.54) is 23.5 Å². The summed E-state index contributed by atoms with van der Waals surface area (Å²) in [6.45, 7) is 2.20. The van der Waals surface area contributed by atoms with Gasteiger partial charge in [0, 0.05) is 32.0 Å². The zero-order valence-electron chi connectivity index (χ0n) is 11.0. The normalized spacial score (nSPS) is 14.3. The molecule has 0 saturated heterocycles. The summed E-state index contributed by atoms with van der Waals surface area (Å²) >= 11 is 0. The Morgan fingerprint density at radius 3 is 3.00 bits per heavy atom. The summed E-state index contributed by atoms with van der Waals surface area (Å²) in [6.07, 6.45) is 5.01. The van der Waals surface area contributed by atoms with Gasteiger partial charge in [-0.1, -0.05) is 6.07 Å². The van der Waals surface area contributed by atoms with Gasteiger partial charge in [0.15, 0.2) is 0 Å². The van der Waals surface area contributed by atoms with Gasteiger partial charge in [-0.3, -0.25) is 9.59 Å². The second-order valence-corrected chi connectivity index (χ2v) is 4.89. The molecule has 1 aromatic heterocycles. The van der Waals surface area contributed by atoms with E-state index in [4.69, 9.17) is 4.74 Å². The van der Waals surface area contributed by atoms with Crippen LogP contribution in [0.3, 0.4) is 0 Å². The number of nitrogens with one attached hydrogen (secondary N) is 1. The molecule has 19 heavy (non-hydrogen) atoms. The molecule has 1 amide bonds. The molecule has 1 aliphatic rings. The van der Waals surface area contributed by atoms with Crippen LogP contribution in [-0.4, -0.2) is 30.2 Å². The highest BCUT2D eigenvalue weighted by molar-refractivity contribution is 5.75. The van der Waals surface area contributed by atoms with Gasteiger partial charge in [-0.05, 0) is 31.2 Å². The van der Waals surface area contributed by atoms with Crippen molar-refractivity contribution in [2.45, 2.75) is 25.8 Å². The molecule has 0 unspecified atom stereocenters. The van der Waals surface area contributed by atoms with Gasteiger partial charge in [0.05, 0.1) is 0 Å². The first-order valence-corrected chi connectivity index (χ1v) is 6.75. The Hall–Kier alpha value is -1.62. The molecule has 1 aromatic rings. The van der Waals surface area contributed by atoms with Crippen molar-refractivity contribution < 1.29 is 9.53 Å². The molecule has 0 bridgehead atoms. The van der Waals surface area contributed by atoms with Crippen molar-refractivity contribution in [2.75, 3.05) is 19.8 Å². The molecular weight excluding hydrogens is 244 g/mol. The Balaban J connectivity index is 1.56. The lowest BCUT2D eigenvalue weighted by Crippen LogP contribution is -2.32. The maximum Gasteiger partial charge on any atom is 0.250 e. The SMILES string of the molecule is O=C(Cn1ccccc1=O)NCCCOCC1CC1. The minimum atomic E-state index is -0.162. The van der Waals surface area contributed by atoms with Crippen molar-refractivity contribution in [1.82, 2.24) is 9.88 Å². The number of aromatic nitrogens is 1. The van der Waals surface area contributed by atoms with Gasteiger partial charge in [0.25, 0.3) is 5.56 Å². The highest BCUT2D eigenvalue weighted by Crippen LogP contribution is 2.28. The molecule has 5 nitrogen and oxygen atoms in total. The van der Waals surface area contributed by atoms with Gasteiger partial charge >= 0.3 is 0 Å². The van der Waals surface area contributed by atoms with E-state index in [1.807, 2.05) is 0 Å². The second kappa shape index (κ2) is 7.09. The average molecular weight is 264 g/mol. The lowest BCUT2D eigenvalue weighted by atomic mass is 10.4. The summed E-state index contributed by atoms with van der Waals surface area (Å²) in [5, 5.41) is 2.78. The number of nitrogens with zero attached hydrogens (tertiary/aromatic N) is 1. The number of ether oxygens (including phenoxy) is 1. The maximum absolute atomic E-state index is 11.6. The Labute approximate surface area is 112 Å². The van der Waals surface area contributed by atoms with Gasteiger partial charge in [0.1, 0.15) is 6.54 Å². The predicted molar refractivity (Wildman–Crippen MR) is 71.9 cm³/mol. The third-order valence-corrected chi connectivity index (χ3v) is 3.05. The minimum Gasteiger partial charge on any atom is -0.381 e. The molecule has 104 valence electrons. The van der Waals surface area contributed by atoms with E-state index in [0.29, 0.717) is 13.2 Å². The molecule has 0 atom stereocenters. The van der Waals surface area contributed by atoms with Crippen molar-refractivity contribution in [3.8, 4) is 0 Å². The number of carbonyl (C=O) groups excluding carboxylic acids is 1. The van der Waals surface area contributed by atoms with Crippen molar-refractivity contribution in [2.24, 2.45) is 5.92 Å².